The molecule has 0 aromatic carbocycles. The SMILES string of the molecule is C=C/C=C/C(CCO)CCCCCC. The predicted octanol–water partition coefficient (Wildman–Crippen LogP) is 3.70. The zero-order valence-corrected chi connectivity index (χ0v) is 9.41. The molecule has 1 heteroatoms. The molecule has 0 spiro atoms. The lowest BCUT2D eigenvalue weighted by atomic mass is 9.97. The first-order valence-corrected chi connectivity index (χ1v) is 5.75. The average Bonchev–Trinajstić information content (AvgIpc) is 2.20. The summed E-state index contributed by atoms with van der Waals surface area (Å²) in [6, 6.07) is 0. The van der Waals surface area contributed by atoms with Crippen molar-refractivity contribution >= 4 is 0 Å². The topological polar surface area (TPSA) is 20.2 Å². The molecule has 0 saturated heterocycles. The molecule has 0 heterocycles. The van der Waals surface area contributed by atoms with Crippen LogP contribution in [0, 0.1) is 5.92 Å². The number of rotatable bonds is 9. The first kappa shape index (κ1) is 13.4. The van der Waals surface area contributed by atoms with Gasteiger partial charge < -0.3 is 5.11 Å². The molecule has 0 aliphatic heterocycles. The van der Waals surface area contributed by atoms with Gasteiger partial charge in [-0.2, -0.15) is 0 Å². The molecule has 0 rings (SSSR count). The molecular weight excluding hydrogens is 172 g/mol. The fourth-order valence-electron chi connectivity index (χ4n) is 1.57. The maximum atomic E-state index is 8.88. The molecule has 14 heavy (non-hydrogen) atoms. The lowest BCUT2D eigenvalue weighted by molar-refractivity contribution is 0.265. The molecule has 0 saturated carbocycles. The number of allylic oxidation sites excluding steroid dienone is 3. The molecule has 1 N–H and O–H groups in total. The molecule has 0 aromatic heterocycles. The van der Waals surface area contributed by atoms with Crippen molar-refractivity contribution in [2.75, 3.05) is 6.61 Å². The summed E-state index contributed by atoms with van der Waals surface area (Å²) in [5, 5.41) is 8.88. The van der Waals surface area contributed by atoms with Crippen LogP contribution in [0.3, 0.4) is 0 Å². The van der Waals surface area contributed by atoms with Crippen LogP contribution in [0.1, 0.15) is 45.4 Å². The smallest absolute Gasteiger partial charge is 0.0436 e. The van der Waals surface area contributed by atoms with Crippen LogP contribution in [0.2, 0.25) is 0 Å². The Kier molecular flexibility index (Phi) is 10.1. The minimum absolute atomic E-state index is 0.292. The summed E-state index contributed by atoms with van der Waals surface area (Å²) in [6.07, 6.45) is 13.2. The van der Waals surface area contributed by atoms with Gasteiger partial charge in [-0.3, -0.25) is 0 Å². The first-order valence-electron chi connectivity index (χ1n) is 5.75. The number of aliphatic hydroxyl groups is 1. The Balaban J connectivity index is 3.61. The summed E-state index contributed by atoms with van der Waals surface area (Å²) in [7, 11) is 0. The second-order valence-corrected chi connectivity index (χ2v) is 3.74. The average molecular weight is 196 g/mol. The highest BCUT2D eigenvalue weighted by molar-refractivity contribution is 4.99. The van der Waals surface area contributed by atoms with E-state index in [1.165, 1.54) is 32.1 Å². The van der Waals surface area contributed by atoms with Crippen molar-refractivity contribution in [3.05, 3.63) is 24.8 Å². The minimum Gasteiger partial charge on any atom is -0.396 e. The van der Waals surface area contributed by atoms with Gasteiger partial charge in [0.05, 0.1) is 0 Å². The molecule has 0 amide bonds. The Labute approximate surface area is 88.5 Å². The Bertz CT molecular complexity index is 149. The lowest BCUT2D eigenvalue weighted by Gasteiger charge is -2.10. The highest BCUT2D eigenvalue weighted by Gasteiger charge is 2.02. The standard InChI is InChI=1S/C13H24O/c1-3-5-7-8-10-13(11-12-14)9-6-4-2/h4,6,9,13-14H,2-3,5,7-8,10-12H2,1H3/b9-6+. The minimum atomic E-state index is 0.292. The highest BCUT2D eigenvalue weighted by atomic mass is 16.3. The van der Waals surface area contributed by atoms with E-state index in [0.717, 1.165) is 6.42 Å². The van der Waals surface area contributed by atoms with Gasteiger partial charge in [0, 0.05) is 6.61 Å². The van der Waals surface area contributed by atoms with E-state index in [2.05, 4.69) is 19.6 Å². The highest BCUT2D eigenvalue weighted by Crippen LogP contribution is 2.15. The van der Waals surface area contributed by atoms with Gasteiger partial charge in [-0.15, -0.1) is 0 Å². The fourth-order valence-corrected chi connectivity index (χ4v) is 1.57. The van der Waals surface area contributed by atoms with Gasteiger partial charge in [0.25, 0.3) is 0 Å². The third-order valence-corrected chi connectivity index (χ3v) is 2.45. The van der Waals surface area contributed by atoms with Gasteiger partial charge in [0.2, 0.25) is 0 Å². The summed E-state index contributed by atoms with van der Waals surface area (Å²) in [5.41, 5.74) is 0. The van der Waals surface area contributed by atoms with E-state index in [0.29, 0.717) is 12.5 Å². The number of hydrogen-bond donors (Lipinski definition) is 1. The molecular formula is C13H24O. The Hall–Kier alpha value is -0.560. The maximum absolute atomic E-state index is 8.88. The Morgan fingerprint density at radius 2 is 2.00 bits per heavy atom. The quantitative estimate of drug-likeness (QED) is 0.440. The van der Waals surface area contributed by atoms with Crippen molar-refractivity contribution in [3.63, 3.8) is 0 Å². The molecule has 0 fully saturated rings. The number of unbranched alkanes of at least 4 members (excludes halogenated alkanes) is 3. The van der Waals surface area contributed by atoms with E-state index in [4.69, 9.17) is 5.11 Å². The fraction of sp³-hybridized carbons (Fsp3) is 0.692. The normalized spacial score (nSPS) is 13.3. The van der Waals surface area contributed by atoms with Crippen LogP contribution >= 0.6 is 0 Å². The third-order valence-electron chi connectivity index (χ3n) is 2.45. The van der Waals surface area contributed by atoms with Crippen LogP contribution in [0.5, 0.6) is 0 Å². The van der Waals surface area contributed by atoms with E-state index in [1.807, 2.05) is 6.08 Å². The molecule has 0 aliphatic carbocycles. The van der Waals surface area contributed by atoms with Crippen molar-refractivity contribution in [2.24, 2.45) is 5.92 Å². The summed E-state index contributed by atoms with van der Waals surface area (Å²) in [4.78, 5) is 0. The summed E-state index contributed by atoms with van der Waals surface area (Å²) in [5.74, 6) is 0.537. The Morgan fingerprint density at radius 1 is 1.21 bits per heavy atom. The maximum Gasteiger partial charge on any atom is 0.0436 e. The molecule has 1 nitrogen and oxygen atoms in total. The zero-order chi connectivity index (χ0) is 10.6. The monoisotopic (exact) mass is 196 g/mol. The first-order chi connectivity index (χ1) is 6.85. The van der Waals surface area contributed by atoms with Gasteiger partial charge >= 0.3 is 0 Å². The number of aliphatic hydroxyl groups excluding tert-OH is 1. The summed E-state index contributed by atoms with van der Waals surface area (Å²) in [6.45, 7) is 6.17. The summed E-state index contributed by atoms with van der Waals surface area (Å²) < 4.78 is 0. The van der Waals surface area contributed by atoms with E-state index >= 15 is 0 Å². The lowest BCUT2D eigenvalue weighted by Crippen LogP contribution is -1.99. The molecule has 1 unspecified atom stereocenters. The second kappa shape index (κ2) is 10.5. The Morgan fingerprint density at radius 3 is 2.57 bits per heavy atom. The largest absolute Gasteiger partial charge is 0.396 e. The summed E-state index contributed by atoms with van der Waals surface area (Å²) >= 11 is 0. The third kappa shape index (κ3) is 8.06. The van der Waals surface area contributed by atoms with Crippen molar-refractivity contribution in [1.82, 2.24) is 0 Å². The van der Waals surface area contributed by atoms with E-state index in [-0.39, 0.29) is 0 Å². The van der Waals surface area contributed by atoms with Crippen LogP contribution in [-0.4, -0.2) is 11.7 Å². The van der Waals surface area contributed by atoms with Crippen molar-refractivity contribution in [2.45, 2.75) is 45.4 Å². The second-order valence-electron chi connectivity index (χ2n) is 3.74. The molecule has 0 aliphatic rings. The molecule has 0 bridgehead atoms. The van der Waals surface area contributed by atoms with Crippen LogP contribution in [0.4, 0.5) is 0 Å². The van der Waals surface area contributed by atoms with Crippen molar-refractivity contribution < 1.29 is 5.11 Å². The predicted molar refractivity (Wildman–Crippen MR) is 63.3 cm³/mol. The van der Waals surface area contributed by atoms with Crippen LogP contribution < -0.4 is 0 Å². The van der Waals surface area contributed by atoms with Gasteiger partial charge in [0.15, 0.2) is 0 Å². The van der Waals surface area contributed by atoms with Crippen LogP contribution in [-0.2, 0) is 0 Å². The van der Waals surface area contributed by atoms with Crippen molar-refractivity contribution in [3.8, 4) is 0 Å². The van der Waals surface area contributed by atoms with Gasteiger partial charge in [-0.25, -0.2) is 0 Å². The van der Waals surface area contributed by atoms with Gasteiger partial charge in [-0.05, 0) is 18.8 Å². The van der Waals surface area contributed by atoms with Crippen molar-refractivity contribution in [1.29, 1.82) is 0 Å². The zero-order valence-electron chi connectivity index (χ0n) is 9.41. The molecule has 0 radical (unpaired) electrons. The van der Waals surface area contributed by atoms with E-state index < -0.39 is 0 Å². The van der Waals surface area contributed by atoms with E-state index in [1.54, 1.807) is 6.08 Å². The number of hydrogen-bond acceptors (Lipinski definition) is 1. The molecule has 82 valence electrons. The molecule has 1 atom stereocenters. The van der Waals surface area contributed by atoms with Gasteiger partial charge in [-0.1, -0.05) is 57.4 Å². The van der Waals surface area contributed by atoms with Crippen LogP contribution in [0.15, 0.2) is 24.8 Å². The van der Waals surface area contributed by atoms with Gasteiger partial charge in [0.1, 0.15) is 0 Å². The van der Waals surface area contributed by atoms with Crippen LogP contribution in [0.25, 0.3) is 0 Å². The van der Waals surface area contributed by atoms with E-state index in [9.17, 15) is 0 Å². The molecule has 0 aromatic rings.